The maximum absolute atomic E-state index is 13.5. The molecule has 2 rings (SSSR count). The molecular weight excluding hydrogens is 294 g/mol. The first-order chi connectivity index (χ1) is 8.97. The molecule has 1 saturated heterocycles. The van der Waals surface area contributed by atoms with E-state index in [1.807, 2.05) is 4.90 Å². The SMILES string of the molecule is NC(=O)CN1CCO[C@H](c2cc(F)c(Cl)cc2Cl)C1. The molecule has 0 radical (unpaired) electrons. The maximum atomic E-state index is 13.5. The molecule has 1 amide bonds. The van der Waals surface area contributed by atoms with Gasteiger partial charge >= 0.3 is 0 Å². The number of benzene rings is 1. The van der Waals surface area contributed by atoms with Crippen molar-refractivity contribution in [1.29, 1.82) is 0 Å². The lowest BCUT2D eigenvalue weighted by atomic mass is 10.1. The summed E-state index contributed by atoms with van der Waals surface area (Å²) in [5.41, 5.74) is 5.68. The van der Waals surface area contributed by atoms with Gasteiger partial charge in [-0.1, -0.05) is 23.2 Å². The maximum Gasteiger partial charge on any atom is 0.231 e. The van der Waals surface area contributed by atoms with Crippen LogP contribution < -0.4 is 5.73 Å². The van der Waals surface area contributed by atoms with Crippen molar-refractivity contribution >= 4 is 29.1 Å². The fourth-order valence-corrected chi connectivity index (χ4v) is 2.54. The van der Waals surface area contributed by atoms with Gasteiger partial charge in [0.15, 0.2) is 0 Å². The number of amides is 1. The van der Waals surface area contributed by atoms with Gasteiger partial charge < -0.3 is 10.5 Å². The van der Waals surface area contributed by atoms with Crippen LogP contribution in [-0.4, -0.2) is 37.0 Å². The third-order valence-corrected chi connectivity index (χ3v) is 3.53. The summed E-state index contributed by atoms with van der Waals surface area (Å²) in [4.78, 5) is 12.8. The van der Waals surface area contributed by atoms with Crippen LogP contribution in [0.3, 0.4) is 0 Å². The highest BCUT2D eigenvalue weighted by Gasteiger charge is 2.25. The van der Waals surface area contributed by atoms with E-state index in [1.165, 1.54) is 12.1 Å². The normalized spacial score (nSPS) is 20.5. The van der Waals surface area contributed by atoms with Crippen LogP contribution in [0.25, 0.3) is 0 Å². The third-order valence-electron chi connectivity index (χ3n) is 2.92. The molecule has 0 bridgehead atoms. The van der Waals surface area contributed by atoms with Crippen LogP contribution in [0.15, 0.2) is 12.1 Å². The summed E-state index contributed by atoms with van der Waals surface area (Å²) in [7, 11) is 0. The van der Waals surface area contributed by atoms with Gasteiger partial charge in [0.2, 0.25) is 5.91 Å². The number of hydrogen-bond donors (Lipinski definition) is 1. The molecule has 2 N–H and O–H groups in total. The first-order valence-electron chi connectivity index (χ1n) is 5.74. The van der Waals surface area contributed by atoms with Crippen molar-refractivity contribution in [2.45, 2.75) is 6.10 Å². The second-order valence-corrected chi connectivity index (χ2v) is 5.16. The summed E-state index contributed by atoms with van der Waals surface area (Å²) in [5, 5.41) is 0.316. The minimum Gasteiger partial charge on any atom is -0.371 e. The first kappa shape index (κ1) is 14.5. The monoisotopic (exact) mass is 306 g/mol. The highest BCUT2D eigenvalue weighted by atomic mass is 35.5. The van der Waals surface area contributed by atoms with E-state index in [4.69, 9.17) is 33.7 Å². The molecule has 1 fully saturated rings. The molecule has 1 aliphatic heterocycles. The number of carbonyl (C=O) groups excluding carboxylic acids is 1. The number of rotatable bonds is 3. The Hall–Kier alpha value is -0.880. The van der Waals surface area contributed by atoms with Crippen LogP contribution in [-0.2, 0) is 9.53 Å². The molecule has 0 aromatic heterocycles. The number of nitrogens with two attached hydrogens (primary N) is 1. The van der Waals surface area contributed by atoms with Crippen LogP contribution in [0.5, 0.6) is 0 Å². The molecule has 1 aliphatic rings. The van der Waals surface area contributed by atoms with Crippen molar-refractivity contribution in [2.75, 3.05) is 26.2 Å². The van der Waals surface area contributed by atoms with Crippen molar-refractivity contribution in [3.8, 4) is 0 Å². The van der Waals surface area contributed by atoms with Gasteiger partial charge in [-0.3, -0.25) is 9.69 Å². The number of halogens is 3. The van der Waals surface area contributed by atoms with E-state index in [-0.39, 0.29) is 11.6 Å². The lowest BCUT2D eigenvalue weighted by Crippen LogP contribution is -2.42. The smallest absolute Gasteiger partial charge is 0.231 e. The van der Waals surface area contributed by atoms with Gasteiger partial charge in [-0.25, -0.2) is 4.39 Å². The molecule has 0 unspecified atom stereocenters. The van der Waals surface area contributed by atoms with E-state index in [1.54, 1.807) is 0 Å². The van der Waals surface area contributed by atoms with Crippen molar-refractivity contribution in [1.82, 2.24) is 4.90 Å². The number of carbonyl (C=O) groups is 1. The van der Waals surface area contributed by atoms with Crippen molar-refractivity contribution < 1.29 is 13.9 Å². The van der Waals surface area contributed by atoms with E-state index in [0.717, 1.165) is 0 Å². The minimum atomic E-state index is -0.545. The minimum absolute atomic E-state index is 0.0291. The fraction of sp³-hybridized carbons (Fsp3) is 0.417. The summed E-state index contributed by atoms with van der Waals surface area (Å²) in [5.74, 6) is -0.953. The number of morpholine rings is 1. The zero-order valence-electron chi connectivity index (χ0n) is 10.0. The van der Waals surface area contributed by atoms with Gasteiger partial charge in [-0.15, -0.1) is 0 Å². The molecular formula is C12H13Cl2FN2O2. The summed E-state index contributed by atoms with van der Waals surface area (Å²) in [6.07, 6.45) is -0.396. The van der Waals surface area contributed by atoms with Crippen LogP contribution in [0, 0.1) is 5.82 Å². The molecule has 1 heterocycles. The Morgan fingerprint density at radius 3 is 2.89 bits per heavy atom. The van der Waals surface area contributed by atoms with Crippen molar-refractivity contribution in [3.63, 3.8) is 0 Å². The van der Waals surface area contributed by atoms with E-state index < -0.39 is 17.8 Å². The average Bonchev–Trinajstić information content (AvgIpc) is 2.33. The number of primary amides is 1. The largest absolute Gasteiger partial charge is 0.371 e. The van der Waals surface area contributed by atoms with E-state index in [9.17, 15) is 9.18 Å². The number of ether oxygens (including phenoxy) is 1. The Kier molecular flexibility index (Phi) is 4.62. The van der Waals surface area contributed by atoms with Gasteiger partial charge in [0.1, 0.15) is 5.82 Å². The molecule has 19 heavy (non-hydrogen) atoms. The molecule has 1 aromatic carbocycles. The molecule has 0 spiro atoms. The van der Waals surface area contributed by atoms with Gasteiger partial charge in [0, 0.05) is 23.7 Å². The molecule has 7 heteroatoms. The first-order valence-corrected chi connectivity index (χ1v) is 6.49. The van der Waals surface area contributed by atoms with Crippen LogP contribution in [0.4, 0.5) is 4.39 Å². The van der Waals surface area contributed by atoms with Gasteiger partial charge in [-0.05, 0) is 12.1 Å². The average molecular weight is 307 g/mol. The zero-order chi connectivity index (χ0) is 14.0. The summed E-state index contributed by atoms with van der Waals surface area (Å²) in [6, 6.07) is 2.62. The highest BCUT2D eigenvalue weighted by molar-refractivity contribution is 6.35. The van der Waals surface area contributed by atoms with Crippen LogP contribution in [0.1, 0.15) is 11.7 Å². The lowest BCUT2D eigenvalue weighted by molar-refractivity contribution is -0.121. The summed E-state index contributed by atoms with van der Waals surface area (Å²) >= 11 is 11.7. The Morgan fingerprint density at radius 2 is 2.21 bits per heavy atom. The molecule has 0 aliphatic carbocycles. The highest BCUT2D eigenvalue weighted by Crippen LogP contribution is 2.32. The zero-order valence-corrected chi connectivity index (χ0v) is 11.5. The van der Waals surface area contributed by atoms with Crippen LogP contribution in [0.2, 0.25) is 10.0 Å². The second kappa shape index (κ2) is 6.05. The van der Waals surface area contributed by atoms with Gasteiger partial charge in [0.25, 0.3) is 0 Å². The van der Waals surface area contributed by atoms with Crippen molar-refractivity contribution in [2.24, 2.45) is 5.73 Å². The summed E-state index contributed by atoms with van der Waals surface area (Å²) < 4.78 is 19.1. The van der Waals surface area contributed by atoms with Crippen molar-refractivity contribution in [3.05, 3.63) is 33.6 Å². The number of hydrogen-bond acceptors (Lipinski definition) is 3. The van der Waals surface area contributed by atoms with Crippen LogP contribution >= 0.6 is 23.2 Å². The molecule has 0 saturated carbocycles. The van der Waals surface area contributed by atoms with Gasteiger partial charge in [-0.2, -0.15) is 0 Å². The third kappa shape index (κ3) is 3.57. The Labute approximate surface area is 120 Å². The molecule has 1 atom stereocenters. The fourth-order valence-electron chi connectivity index (χ4n) is 2.04. The van der Waals surface area contributed by atoms with Gasteiger partial charge in [0.05, 0.1) is 24.3 Å². The molecule has 4 nitrogen and oxygen atoms in total. The molecule has 104 valence electrons. The topological polar surface area (TPSA) is 55.6 Å². The predicted molar refractivity (Wildman–Crippen MR) is 70.7 cm³/mol. The standard InChI is InChI=1S/C12H13Cl2FN2O2/c13-8-4-9(14)10(15)3-7(8)11-5-17(1-2-19-11)6-12(16)18/h3-4,11H,1-2,5-6H2,(H2,16,18)/t11-/m0/s1. The summed E-state index contributed by atoms with van der Waals surface area (Å²) in [6.45, 7) is 1.61. The Morgan fingerprint density at radius 1 is 1.47 bits per heavy atom. The quantitative estimate of drug-likeness (QED) is 0.869. The van der Waals surface area contributed by atoms with E-state index in [0.29, 0.717) is 30.3 Å². The lowest BCUT2D eigenvalue weighted by Gasteiger charge is -2.32. The second-order valence-electron chi connectivity index (χ2n) is 4.35. The predicted octanol–water partition coefficient (Wildman–Crippen LogP) is 1.99. The Balaban J connectivity index is 2.17. The van der Waals surface area contributed by atoms with E-state index >= 15 is 0 Å². The van der Waals surface area contributed by atoms with E-state index in [2.05, 4.69) is 0 Å². The molecule has 1 aromatic rings. The Bertz CT molecular complexity index is 499. The number of nitrogens with zero attached hydrogens (tertiary/aromatic N) is 1.